The van der Waals surface area contributed by atoms with Gasteiger partial charge in [0.15, 0.2) is 0 Å². The average Bonchev–Trinajstić information content (AvgIpc) is 2.73. The number of hydrogen-bond acceptors (Lipinski definition) is 6. The quantitative estimate of drug-likeness (QED) is 0.405. The first-order valence-corrected chi connectivity index (χ1v) is 11.2. The summed E-state index contributed by atoms with van der Waals surface area (Å²) in [6.07, 6.45) is 3.49. The molecule has 1 aliphatic heterocycles. The third kappa shape index (κ3) is 4.75. The minimum atomic E-state index is -4.01. The summed E-state index contributed by atoms with van der Waals surface area (Å²) in [5, 5.41) is 14.6. The average molecular weight is 512 g/mol. The molecule has 2 heterocycles. The maximum Gasteiger partial charge on any atom is 0.303 e. The summed E-state index contributed by atoms with van der Waals surface area (Å²) < 4.78 is 49.6. The normalized spacial score (nSPS) is 14.3. The van der Waals surface area contributed by atoms with E-state index in [9.17, 15) is 17.6 Å². The molecule has 0 saturated carbocycles. The number of benzene rings is 1. The minimum Gasteiger partial charge on any atom is -0.495 e. The van der Waals surface area contributed by atoms with E-state index in [0.29, 0.717) is 11.3 Å². The lowest BCUT2D eigenvalue weighted by Gasteiger charge is -2.30. The fraction of sp³-hybridized carbons (Fsp3) is 0.211. The van der Waals surface area contributed by atoms with E-state index in [4.69, 9.17) is 15.6 Å². The number of pyridine rings is 1. The van der Waals surface area contributed by atoms with E-state index >= 15 is 0 Å². The van der Waals surface area contributed by atoms with Crippen LogP contribution in [0.4, 0.5) is 4.39 Å². The number of fused-ring (bicyclic) bond motifs is 1. The molecule has 0 atom stereocenters. The number of allylic oxidation sites excluding steroid dienone is 1. The molecule has 3 N–H and O–H groups in total. The van der Waals surface area contributed by atoms with Crippen LogP contribution in [0.15, 0.2) is 45.7 Å². The first-order valence-electron chi connectivity index (χ1n) is 8.98. The van der Waals surface area contributed by atoms with Crippen molar-refractivity contribution in [1.82, 2.24) is 13.6 Å². The smallest absolute Gasteiger partial charge is 0.303 e. The Kier molecular flexibility index (Phi) is 6.72. The summed E-state index contributed by atoms with van der Waals surface area (Å²) in [5.41, 5.74) is 0.950. The fourth-order valence-corrected chi connectivity index (χ4v) is 4.68. The molecule has 3 rings (SSSR count). The zero-order chi connectivity index (χ0) is 22.8. The number of nitrogens with zero attached hydrogens (tertiary/aromatic N) is 2. The maximum absolute atomic E-state index is 14.2. The molecule has 164 valence electrons. The Morgan fingerprint density at radius 1 is 1.35 bits per heavy atom. The molecule has 2 aromatic rings. The molecule has 9 nitrogen and oxygen atoms in total. The van der Waals surface area contributed by atoms with Crippen molar-refractivity contribution in [2.24, 2.45) is 0 Å². The number of methoxy groups -OCH3 is 1. The Balaban J connectivity index is 2.00. The molecule has 0 amide bonds. The molecule has 1 aromatic carbocycles. The van der Waals surface area contributed by atoms with Crippen LogP contribution in [-0.4, -0.2) is 43.0 Å². The largest absolute Gasteiger partial charge is 0.495 e. The summed E-state index contributed by atoms with van der Waals surface area (Å²) in [4.78, 5) is 12.7. The Morgan fingerprint density at radius 3 is 2.77 bits per heavy atom. The Bertz CT molecular complexity index is 1240. The van der Waals surface area contributed by atoms with Crippen LogP contribution in [0, 0.1) is 16.6 Å². The van der Waals surface area contributed by atoms with Gasteiger partial charge in [-0.05, 0) is 39.7 Å². The van der Waals surface area contributed by atoms with Crippen molar-refractivity contribution in [3.63, 3.8) is 0 Å². The van der Waals surface area contributed by atoms with Crippen molar-refractivity contribution >= 4 is 38.2 Å². The van der Waals surface area contributed by atoms with Crippen molar-refractivity contribution in [1.29, 1.82) is 10.8 Å². The second-order valence-corrected chi connectivity index (χ2v) is 9.07. The fourth-order valence-electron chi connectivity index (χ4n) is 3.24. The molecular weight excluding hydrogens is 493 g/mol. The Morgan fingerprint density at radius 2 is 2.10 bits per heavy atom. The number of hydrogen-bond donors (Lipinski definition) is 3. The van der Waals surface area contributed by atoms with Gasteiger partial charge in [0.25, 0.3) is 5.56 Å². The first-order chi connectivity index (χ1) is 14.7. The van der Waals surface area contributed by atoms with Crippen LogP contribution in [0.3, 0.4) is 0 Å². The molecule has 0 radical (unpaired) electrons. The van der Waals surface area contributed by atoms with Gasteiger partial charge >= 0.3 is 10.2 Å². The summed E-state index contributed by atoms with van der Waals surface area (Å²) in [6.45, 7) is 0.0164. The van der Waals surface area contributed by atoms with E-state index in [1.165, 1.54) is 42.0 Å². The highest BCUT2D eigenvalue weighted by atomic mass is 79.9. The van der Waals surface area contributed by atoms with E-state index in [2.05, 4.69) is 20.7 Å². The summed E-state index contributed by atoms with van der Waals surface area (Å²) in [5.74, 6) is -0.665. The van der Waals surface area contributed by atoms with Crippen LogP contribution in [0.2, 0.25) is 0 Å². The highest BCUT2D eigenvalue weighted by molar-refractivity contribution is 9.10. The standard InChI is InChI=1S/C19H19BrFN5O4S/c1-30-17-9-13(20)14(21)10-16(17)26-15-6-8-25(11-12(15)4-5-19(26)27)31(28,29)24-18(23)3-2-7-22/h2-5,7,9-10,22H,6,8,11H2,1H3,(H2,23,24)/b3-2-,22-7?. The van der Waals surface area contributed by atoms with E-state index in [-0.39, 0.29) is 41.3 Å². The van der Waals surface area contributed by atoms with Gasteiger partial charge < -0.3 is 10.1 Å². The van der Waals surface area contributed by atoms with Crippen molar-refractivity contribution in [3.05, 3.63) is 68.3 Å². The molecule has 0 saturated heterocycles. The third-order valence-corrected chi connectivity index (χ3v) is 6.71. The topological polar surface area (TPSA) is 128 Å². The zero-order valence-corrected chi connectivity index (χ0v) is 18.8. The molecule has 0 fully saturated rings. The van der Waals surface area contributed by atoms with Crippen molar-refractivity contribution in [2.45, 2.75) is 13.0 Å². The molecule has 0 spiro atoms. The van der Waals surface area contributed by atoms with Crippen LogP contribution in [0.5, 0.6) is 5.75 Å². The minimum absolute atomic E-state index is 0.0339. The SMILES string of the molecule is COc1cc(Br)c(F)cc1-n1c2c(ccc1=O)CN(S(=O)(=O)NC(=N)/C=C\C=N)CC2. The van der Waals surface area contributed by atoms with Crippen molar-refractivity contribution in [3.8, 4) is 11.4 Å². The summed E-state index contributed by atoms with van der Waals surface area (Å²) in [6, 6.07) is 5.44. The number of amidine groups is 1. The molecule has 1 aliphatic rings. The lowest BCUT2D eigenvalue weighted by molar-refractivity contribution is 0.380. The van der Waals surface area contributed by atoms with Crippen LogP contribution < -0.4 is 15.0 Å². The second-order valence-electron chi connectivity index (χ2n) is 6.55. The van der Waals surface area contributed by atoms with Gasteiger partial charge in [0.2, 0.25) is 0 Å². The number of ether oxygens (including phenoxy) is 1. The predicted octanol–water partition coefficient (Wildman–Crippen LogP) is 2.12. The highest BCUT2D eigenvalue weighted by Crippen LogP contribution is 2.31. The van der Waals surface area contributed by atoms with Gasteiger partial charge in [-0.3, -0.25) is 19.5 Å². The monoisotopic (exact) mass is 511 g/mol. The van der Waals surface area contributed by atoms with E-state index in [1.54, 1.807) is 0 Å². The molecule has 0 unspecified atom stereocenters. The van der Waals surface area contributed by atoms with Gasteiger partial charge in [-0.25, -0.2) is 4.39 Å². The number of rotatable bonds is 6. The molecule has 31 heavy (non-hydrogen) atoms. The van der Waals surface area contributed by atoms with Crippen molar-refractivity contribution in [2.75, 3.05) is 13.7 Å². The number of aromatic nitrogens is 1. The molecule has 0 aliphatic carbocycles. The molecular formula is C19H19BrFN5O4S. The lowest BCUT2D eigenvalue weighted by Crippen LogP contribution is -2.46. The van der Waals surface area contributed by atoms with E-state index in [1.807, 2.05) is 0 Å². The molecule has 12 heteroatoms. The Hall–Kier alpha value is -2.83. The van der Waals surface area contributed by atoms with Crippen LogP contribution in [0.1, 0.15) is 11.3 Å². The van der Waals surface area contributed by atoms with Gasteiger partial charge in [0, 0.05) is 43.6 Å². The van der Waals surface area contributed by atoms with Crippen LogP contribution in [-0.2, 0) is 23.2 Å². The van der Waals surface area contributed by atoms with Gasteiger partial charge in [0.1, 0.15) is 17.4 Å². The van der Waals surface area contributed by atoms with Gasteiger partial charge in [-0.2, -0.15) is 12.7 Å². The lowest BCUT2D eigenvalue weighted by atomic mass is 10.1. The van der Waals surface area contributed by atoms with Crippen LogP contribution in [0.25, 0.3) is 5.69 Å². The maximum atomic E-state index is 14.2. The summed E-state index contributed by atoms with van der Waals surface area (Å²) >= 11 is 3.09. The van der Waals surface area contributed by atoms with Gasteiger partial charge in [-0.1, -0.05) is 6.07 Å². The molecule has 1 aromatic heterocycles. The second kappa shape index (κ2) is 9.12. The summed E-state index contributed by atoms with van der Waals surface area (Å²) in [7, 11) is -2.61. The Labute approximate surface area is 186 Å². The van der Waals surface area contributed by atoms with Crippen LogP contribution >= 0.6 is 15.9 Å². The van der Waals surface area contributed by atoms with Gasteiger partial charge in [0.05, 0.1) is 17.3 Å². The first kappa shape index (κ1) is 22.8. The number of halogens is 2. The zero-order valence-electron chi connectivity index (χ0n) is 16.4. The molecule has 0 bridgehead atoms. The van der Waals surface area contributed by atoms with Crippen molar-refractivity contribution < 1.29 is 17.5 Å². The predicted molar refractivity (Wildman–Crippen MR) is 118 cm³/mol. The third-order valence-electron chi connectivity index (χ3n) is 4.63. The van der Waals surface area contributed by atoms with Gasteiger partial charge in [-0.15, -0.1) is 0 Å². The van der Waals surface area contributed by atoms with E-state index < -0.39 is 21.6 Å². The van der Waals surface area contributed by atoms with E-state index in [0.717, 1.165) is 16.6 Å². The highest BCUT2D eigenvalue weighted by Gasteiger charge is 2.29. The number of nitrogens with one attached hydrogen (secondary N) is 3.